The maximum atomic E-state index is 13.2. The molecule has 3 unspecified atom stereocenters. The topological polar surface area (TPSA) is 237 Å². The molecule has 6 atom stereocenters. The van der Waals surface area contributed by atoms with Gasteiger partial charge in [-0.25, -0.2) is 9.13 Å². The Hall–Kier alpha value is -1.94. The molecule has 0 saturated heterocycles. The molecule has 0 fully saturated rings. The number of rotatable bonds is 89. The van der Waals surface area contributed by atoms with Crippen LogP contribution in [0.5, 0.6) is 0 Å². The van der Waals surface area contributed by atoms with Gasteiger partial charge in [-0.05, 0) is 31.6 Å². The molecule has 3 N–H and O–H groups in total. The van der Waals surface area contributed by atoms with E-state index >= 15 is 0 Å². The Morgan fingerprint density at radius 3 is 0.657 bits per heavy atom. The normalized spacial score (nSPS) is 14.0. The highest BCUT2D eigenvalue weighted by Gasteiger charge is 2.31. The zero-order valence-electron chi connectivity index (χ0n) is 71.0. The Labute approximate surface area is 664 Å². The van der Waals surface area contributed by atoms with Gasteiger partial charge in [0.05, 0.1) is 26.4 Å². The minimum Gasteiger partial charge on any atom is -0.462 e. The van der Waals surface area contributed by atoms with Crippen LogP contribution in [0.4, 0.5) is 0 Å². The van der Waals surface area contributed by atoms with Crippen molar-refractivity contribution < 1.29 is 80.2 Å². The highest BCUT2D eigenvalue weighted by molar-refractivity contribution is 7.47. The molecule has 19 heteroatoms. The second kappa shape index (κ2) is 81.6. The van der Waals surface area contributed by atoms with Gasteiger partial charge in [-0.1, -0.05) is 433 Å². The van der Waals surface area contributed by atoms with E-state index in [0.717, 1.165) is 95.8 Å². The van der Waals surface area contributed by atoms with Crippen molar-refractivity contribution in [1.29, 1.82) is 0 Å². The quantitative estimate of drug-likeness (QED) is 0.0222. The van der Waals surface area contributed by atoms with Gasteiger partial charge in [0.1, 0.15) is 19.3 Å². The zero-order valence-corrected chi connectivity index (χ0v) is 72.8. The lowest BCUT2D eigenvalue weighted by Crippen LogP contribution is -2.30. The SMILES string of the molecule is CCCCCCCCCCCCCCCCCCCCCCCCC(=O)O[C@H](COC(=O)CCCCCCCCCCCCCCCCCCCC)COP(=O)(O)OC[C@@H](O)COP(=O)(O)OC[C@@H](COC(=O)CCCCCCCCCCC(C)CC)OC(=O)CCCCCCCCCCCCCCCCCC. The van der Waals surface area contributed by atoms with Crippen molar-refractivity contribution in [3.05, 3.63) is 0 Å². The highest BCUT2D eigenvalue weighted by Crippen LogP contribution is 2.45. The summed E-state index contributed by atoms with van der Waals surface area (Å²) in [5, 5.41) is 10.7. The van der Waals surface area contributed by atoms with Crippen LogP contribution in [-0.4, -0.2) is 96.7 Å². The van der Waals surface area contributed by atoms with E-state index < -0.39 is 97.5 Å². The molecular formula is C89H174O17P2. The van der Waals surface area contributed by atoms with E-state index in [2.05, 4.69) is 34.6 Å². The fraction of sp³-hybridized carbons (Fsp3) is 0.955. The molecule has 0 amide bonds. The number of aliphatic hydroxyl groups excluding tert-OH is 1. The van der Waals surface area contributed by atoms with Crippen molar-refractivity contribution in [2.45, 2.75) is 502 Å². The Balaban J connectivity index is 5.24. The molecule has 0 aromatic carbocycles. The van der Waals surface area contributed by atoms with E-state index in [-0.39, 0.29) is 25.7 Å². The number of phosphoric acid groups is 2. The summed E-state index contributed by atoms with van der Waals surface area (Å²) in [4.78, 5) is 73.4. The van der Waals surface area contributed by atoms with Gasteiger partial charge in [0, 0.05) is 25.7 Å². The van der Waals surface area contributed by atoms with Gasteiger partial charge in [-0.3, -0.25) is 37.3 Å². The molecule has 0 rings (SSSR count). The second-order valence-electron chi connectivity index (χ2n) is 32.2. The third-order valence-electron chi connectivity index (χ3n) is 21.4. The first kappa shape index (κ1) is 106. The van der Waals surface area contributed by atoms with Crippen LogP contribution < -0.4 is 0 Å². The maximum Gasteiger partial charge on any atom is 0.472 e. The monoisotopic (exact) mass is 1580 g/mol. The molecule has 0 bridgehead atoms. The van der Waals surface area contributed by atoms with E-state index in [1.807, 2.05) is 0 Å². The number of unbranched alkanes of at least 4 members (excludes halogenated alkanes) is 60. The first-order valence-corrected chi connectivity index (χ1v) is 49.2. The predicted molar refractivity (Wildman–Crippen MR) is 446 cm³/mol. The second-order valence-corrected chi connectivity index (χ2v) is 35.1. The van der Waals surface area contributed by atoms with Crippen molar-refractivity contribution in [3.8, 4) is 0 Å². The van der Waals surface area contributed by atoms with Crippen molar-refractivity contribution in [3.63, 3.8) is 0 Å². The van der Waals surface area contributed by atoms with E-state index in [1.165, 1.54) is 308 Å². The Bertz CT molecular complexity index is 2050. The van der Waals surface area contributed by atoms with Crippen LogP contribution in [0.3, 0.4) is 0 Å². The van der Waals surface area contributed by atoms with Gasteiger partial charge >= 0.3 is 39.5 Å². The Morgan fingerprint density at radius 1 is 0.259 bits per heavy atom. The Morgan fingerprint density at radius 2 is 0.444 bits per heavy atom. The Kier molecular flexibility index (Phi) is 80.2. The number of esters is 4. The molecule has 0 radical (unpaired) electrons. The zero-order chi connectivity index (χ0) is 79.0. The molecule has 0 aromatic rings. The van der Waals surface area contributed by atoms with Gasteiger partial charge < -0.3 is 33.8 Å². The van der Waals surface area contributed by atoms with E-state index in [9.17, 15) is 43.2 Å². The summed E-state index contributed by atoms with van der Waals surface area (Å²) >= 11 is 0. The lowest BCUT2D eigenvalue weighted by molar-refractivity contribution is -0.161. The number of carbonyl (C=O) groups is 4. The molecule has 0 heterocycles. The van der Waals surface area contributed by atoms with E-state index in [4.69, 9.17) is 37.0 Å². The van der Waals surface area contributed by atoms with Crippen LogP contribution in [0, 0.1) is 5.92 Å². The van der Waals surface area contributed by atoms with Crippen LogP contribution in [0.2, 0.25) is 0 Å². The first-order valence-electron chi connectivity index (χ1n) is 46.2. The molecule has 108 heavy (non-hydrogen) atoms. The average molecular weight is 1580 g/mol. The summed E-state index contributed by atoms with van der Waals surface area (Å²) in [6.07, 6.45) is 76.4. The third kappa shape index (κ3) is 80.7. The molecule has 17 nitrogen and oxygen atoms in total. The number of hydrogen-bond acceptors (Lipinski definition) is 15. The first-order chi connectivity index (χ1) is 52.6. The largest absolute Gasteiger partial charge is 0.472 e. The fourth-order valence-electron chi connectivity index (χ4n) is 14.0. The lowest BCUT2D eigenvalue weighted by Gasteiger charge is -2.21. The molecular weight excluding hydrogens is 1400 g/mol. The highest BCUT2D eigenvalue weighted by atomic mass is 31.2. The molecule has 0 aromatic heterocycles. The lowest BCUT2D eigenvalue weighted by atomic mass is 9.99. The van der Waals surface area contributed by atoms with Gasteiger partial charge in [0.25, 0.3) is 0 Å². The standard InChI is InChI=1S/C89H174O17P2/c1-6-10-13-16-19-22-25-28-31-34-36-37-38-39-41-44-47-50-53-60-65-70-75-88(93)105-84(78-99-86(91)72-67-62-57-51-48-45-43-40-35-32-29-26-23-20-17-14-11-7-2)80-103-107(95,96)101-76-83(90)77-102-108(97,98)104-81-85(79-100-87(92)73-68-63-58-55-54-56-61-66-71-82(5)9-4)106-89(94)74-69-64-59-52-49-46-42-33-30-27-24-21-18-15-12-8-3/h82-85,90H,6-81H2,1-5H3,(H,95,96)(H,97,98)/t82?,83-,84-,85-/m1/s1. The van der Waals surface area contributed by atoms with Crippen LogP contribution >= 0.6 is 15.6 Å². The van der Waals surface area contributed by atoms with Gasteiger partial charge in [-0.2, -0.15) is 0 Å². The van der Waals surface area contributed by atoms with Gasteiger partial charge in [0.2, 0.25) is 0 Å². The van der Waals surface area contributed by atoms with Crippen LogP contribution in [0.25, 0.3) is 0 Å². The number of carbonyl (C=O) groups excluding carboxylic acids is 4. The maximum absolute atomic E-state index is 13.2. The fourth-order valence-corrected chi connectivity index (χ4v) is 15.5. The molecule has 0 spiro atoms. The summed E-state index contributed by atoms with van der Waals surface area (Å²) in [5.74, 6) is -1.32. The smallest absolute Gasteiger partial charge is 0.462 e. The van der Waals surface area contributed by atoms with E-state index in [1.54, 1.807) is 0 Å². The van der Waals surface area contributed by atoms with Gasteiger partial charge in [0.15, 0.2) is 12.2 Å². The predicted octanol–water partition coefficient (Wildman–Crippen LogP) is 27.5. The van der Waals surface area contributed by atoms with Gasteiger partial charge in [-0.15, -0.1) is 0 Å². The molecule has 0 aliphatic rings. The van der Waals surface area contributed by atoms with Crippen molar-refractivity contribution in [1.82, 2.24) is 0 Å². The summed E-state index contributed by atoms with van der Waals surface area (Å²) in [6, 6.07) is 0. The number of phosphoric ester groups is 2. The average Bonchev–Trinajstić information content (AvgIpc) is 0.898. The molecule has 0 aliphatic carbocycles. The van der Waals surface area contributed by atoms with E-state index in [0.29, 0.717) is 25.7 Å². The minimum atomic E-state index is -4.97. The number of aliphatic hydroxyl groups is 1. The third-order valence-corrected chi connectivity index (χ3v) is 23.3. The van der Waals surface area contributed by atoms with Crippen LogP contribution in [-0.2, 0) is 65.4 Å². The summed E-state index contributed by atoms with van der Waals surface area (Å²) < 4.78 is 69.0. The molecule has 642 valence electrons. The molecule has 0 aliphatic heterocycles. The number of hydrogen-bond donors (Lipinski definition) is 3. The summed E-state index contributed by atoms with van der Waals surface area (Å²) in [7, 11) is -9.93. The van der Waals surface area contributed by atoms with Crippen LogP contribution in [0.1, 0.15) is 484 Å². The van der Waals surface area contributed by atoms with Crippen molar-refractivity contribution in [2.75, 3.05) is 39.6 Å². The summed E-state index contributed by atoms with van der Waals surface area (Å²) in [6.45, 7) is 7.39. The van der Waals surface area contributed by atoms with Crippen molar-refractivity contribution in [2.24, 2.45) is 5.92 Å². The summed E-state index contributed by atoms with van der Waals surface area (Å²) in [5.41, 5.74) is 0. The van der Waals surface area contributed by atoms with Crippen molar-refractivity contribution >= 4 is 39.5 Å². The number of ether oxygens (including phenoxy) is 4. The minimum absolute atomic E-state index is 0.108. The van der Waals surface area contributed by atoms with Crippen LogP contribution in [0.15, 0.2) is 0 Å². The molecule has 0 saturated carbocycles.